The number of hydrogen-bond acceptors (Lipinski definition) is 3. The highest BCUT2D eigenvalue weighted by molar-refractivity contribution is 5.73. The Bertz CT molecular complexity index is 615. The van der Waals surface area contributed by atoms with Crippen molar-refractivity contribution in [2.45, 2.75) is 32.9 Å². The highest BCUT2D eigenvalue weighted by Gasteiger charge is 2.28. The lowest BCUT2D eigenvalue weighted by Gasteiger charge is -2.23. The molecule has 3 N–H and O–H groups in total. The third kappa shape index (κ3) is 4.14. The maximum atomic E-state index is 11.8. The van der Waals surface area contributed by atoms with Crippen LogP contribution in [0.25, 0.3) is 0 Å². The number of carbonyl (C=O) groups excluding carboxylic acids is 1. The van der Waals surface area contributed by atoms with Crippen molar-refractivity contribution < 1.29 is 14.3 Å². The molecule has 0 radical (unpaired) electrons. The van der Waals surface area contributed by atoms with Gasteiger partial charge in [0.15, 0.2) is 0 Å². The lowest BCUT2D eigenvalue weighted by atomic mass is 9.96. The summed E-state index contributed by atoms with van der Waals surface area (Å²) in [5, 5.41) is 15.9. The Hall–Kier alpha value is -2.21. The quantitative estimate of drug-likeness (QED) is 0.762. The molecule has 2 aromatic rings. The van der Waals surface area contributed by atoms with Gasteiger partial charge < -0.3 is 24.7 Å². The summed E-state index contributed by atoms with van der Waals surface area (Å²) < 4.78 is 7.40. The lowest BCUT2D eigenvalue weighted by Crippen LogP contribution is -2.44. The predicted octanol–water partition coefficient (Wildman–Crippen LogP) is 1.90. The van der Waals surface area contributed by atoms with Crippen LogP contribution in [0.1, 0.15) is 24.0 Å². The van der Waals surface area contributed by atoms with Gasteiger partial charge in [-0.15, -0.1) is 0 Å². The molecule has 2 rings (SSSR count). The first-order valence-electron chi connectivity index (χ1n) is 7.31. The second-order valence-corrected chi connectivity index (χ2v) is 5.63. The fraction of sp³-hybridized carbons (Fsp3) is 0.438. The highest BCUT2D eigenvalue weighted by Crippen LogP contribution is 2.26. The van der Waals surface area contributed by atoms with Gasteiger partial charge in [-0.2, -0.15) is 0 Å². The van der Waals surface area contributed by atoms with Crippen molar-refractivity contribution in [1.29, 1.82) is 0 Å². The normalized spacial score (nSPS) is 13.6. The van der Waals surface area contributed by atoms with E-state index in [0.717, 1.165) is 5.76 Å². The third-order valence-corrected chi connectivity index (χ3v) is 3.54. The molecule has 0 saturated heterocycles. The summed E-state index contributed by atoms with van der Waals surface area (Å²) >= 11 is 0. The Morgan fingerprint density at radius 1 is 1.32 bits per heavy atom. The van der Waals surface area contributed by atoms with Gasteiger partial charge >= 0.3 is 6.03 Å². The molecular formula is C16H23N3O3. The molecule has 0 bridgehead atoms. The van der Waals surface area contributed by atoms with E-state index < -0.39 is 5.60 Å². The van der Waals surface area contributed by atoms with Crippen molar-refractivity contribution in [1.82, 2.24) is 15.2 Å². The molecule has 0 saturated carbocycles. The standard InChI is InChI=1S/C16H23N3O3/c1-12-10-14(13(2)22-12)16(3,21)11-18-15(20)17-6-9-19-7-4-5-8-19/h4-5,7-8,10,21H,6,9,11H2,1-3H3,(H2,17,18,20). The zero-order valence-corrected chi connectivity index (χ0v) is 13.2. The number of aliphatic hydroxyl groups is 1. The Kier molecular flexibility index (Phi) is 4.92. The SMILES string of the molecule is Cc1cc(C(C)(O)CNC(=O)NCCn2cccc2)c(C)o1. The summed E-state index contributed by atoms with van der Waals surface area (Å²) in [7, 11) is 0. The van der Waals surface area contributed by atoms with Gasteiger partial charge in [-0.05, 0) is 39.0 Å². The third-order valence-electron chi connectivity index (χ3n) is 3.54. The molecule has 0 fully saturated rings. The molecule has 22 heavy (non-hydrogen) atoms. The molecule has 0 aromatic carbocycles. The average Bonchev–Trinajstić information content (AvgIpc) is 3.06. The summed E-state index contributed by atoms with van der Waals surface area (Å²) in [5.74, 6) is 1.40. The largest absolute Gasteiger partial charge is 0.466 e. The highest BCUT2D eigenvalue weighted by atomic mass is 16.3. The Labute approximate surface area is 130 Å². The Morgan fingerprint density at radius 2 is 2.00 bits per heavy atom. The number of carbonyl (C=O) groups is 1. The monoisotopic (exact) mass is 305 g/mol. The van der Waals surface area contributed by atoms with Gasteiger partial charge in [-0.3, -0.25) is 0 Å². The van der Waals surface area contributed by atoms with Gasteiger partial charge in [0.2, 0.25) is 0 Å². The van der Waals surface area contributed by atoms with Gasteiger partial charge in [-0.25, -0.2) is 4.79 Å². The number of hydrogen-bond donors (Lipinski definition) is 3. The van der Waals surface area contributed by atoms with Crippen LogP contribution in [-0.2, 0) is 12.1 Å². The van der Waals surface area contributed by atoms with E-state index in [0.29, 0.717) is 24.4 Å². The Balaban J connectivity index is 1.78. The molecule has 0 aliphatic carbocycles. The number of nitrogens with one attached hydrogen (secondary N) is 2. The van der Waals surface area contributed by atoms with Gasteiger partial charge in [0, 0.05) is 31.0 Å². The first kappa shape index (κ1) is 16.2. The van der Waals surface area contributed by atoms with Crippen molar-refractivity contribution >= 4 is 6.03 Å². The van der Waals surface area contributed by atoms with Crippen molar-refractivity contribution in [3.8, 4) is 0 Å². The van der Waals surface area contributed by atoms with E-state index in [2.05, 4.69) is 10.6 Å². The number of rotatable bonds is 6. The summed E-state index contributed by atoms with van der Waals surface area (Å²) in [6, 6.07) is 5.37. The molecule has 2 heterocycles. The van der Waals surface area contributed by atoms with Crippen LogP contribution in [-0.4, -0.2) is 28.8 Å². The van der Waals surface area contributed by atoms with Crippen LogP contribution in [0, 0.1) is 13.8 Å². The number of nitrogens with zero attached hydrogens (tertiary/aromatic N) is 1. The molecule has 1 atom stereocenters. The number of aryl methyl sites for hydroxylation is 2. The molecule has 0 aliphatic rings. The zero-order chi connectivity index (χ0) is 16.2. The van der Waals surface area contributed by atoms with Gasteiger partial charge in [0.05, 0.1) is 6.54 Å². The average molecular weight is 305 g/mol. The second-order valence-electron chi connectivity index (χ2n) is 5.63. The van der Waals surface area contributed by atoms with Gasteiger partial charge in [0.1, 0.15) is 17.1 Å². The molecule has 6 heteroatoms. The van der Waals surface area contributed by atoms with E-state index in [4.69, 9.17) is 4.42 Å². The van der Waals surface area contributed by atoms with Crippen LogP contribution in [0.5, 0.6) is 0 Å². The summed E-state index contributed by atoms with van der Waals surface area (Å²) in [5.41, 5.74) is -0.475. The minimum Gasteiger partial charge on any atom is -0.466 e. The van der Waals surface area contributed by atoms with E-state index in [9.17, 15) is 9.90 Å². The lowest BCUT2D eigenvalue weighted by molar-refractivity contribution is 0.0579. The number of urea groups is 1. The number of aromatic nitrogens is 1. The zero-order valence-electron chi connectivity index (χ0n) is 13.2. The molecule has 120 valence electrons. The minimum atomic E-state index is -1.17. The van der Waals surface area contributed by atoms with Crippen LogP contribution < -0.4 is 10.6 Å². The van der Waals surface area contributed by atoms with Crippen LogP contribution in [0.3, 0.4) is 0 Å². The van der Waals surface area contributed by atoms with Crippen LogP contribution in [0.4, 0.5) is 4.79 Å². The molecule has 6 nitrogen and oxygen atoms in total. The molecule has 2 amide bonds. The maximum absolute atomic E-state index is 11.8. The summed E-state index contributed by atoms with van der Waals surface area (Å²) in [4.78, 5) is 11.8. The maximum Gasteiger partial charge on any atom is 0.314 e. The smallest absolute Gasteiger partial charge is 0.314 e. The molecule has 0 spiro atoms. The van der Waals surface area contributed by atoms with E-state index in [1.54, 1.807) is 19.9 Å². The summed E-state index contributed by atoms with van der Waals surface area (Å²) in [6.45, 7) is 6.62. The number of furan rings is 1. The van der Waals surface area contributed by atoms with Crippen LogP contribution >= 0.6 is 0 Å². The van der Waals surface area contributed by atoms with Gasteiger partial charge in [-0.1, -0.05) is 0 Å². The van der Waals surface area contributed by atoms with E-state index in [1.165, 1.54) is 0 Å². The minimum absolute atomic E-state index is 0.113. The molecule has 1 unspecified atom stereocenters. The molecule has 0 aliphatic heterocycles. The predicted molar refractivity (Wildman–Crippen MR) is 83.6 cm³/mol. The molecule has 2 aromatic heterocycles. The first-order chi connectivity index (χ1) is 10.4. The van der Waals surface area contributed by atoms with Gasteiger partial charge in [0.25, 0.3) is 0 Å². The van der Waals surface area contributed by atoms with Crippen LogP contribution in [0.2, 0.25) is 0 Å². The van der Waals surface area contributed by atoms with Crippen molar-refractivity contribution in [2.75, 3.05) is 13.1 Å². The first-order valence-corrected chi connectivity index (χ1v) is 7.31. The van der Waals surface area contributed by atoms with Crippen LogP contribution in [0.15, 0.2) is 35.0 Å². The van der Waals surface area contributed by atoms with Crippen molar-refractivity contribution in [3.05, 3.63) is 47.7 Å². The van der Waals surface area contributed by atoms with E-state index in [-0.39, 0.29) is 12.6 Å². The van der Waals surface area contributed by atoms with Crippen molar-refractivity contribution in [3.63, 3.8) is 0 Å². The van der Waals surface area contributed by atoms with E-state index in [1.807, 2.05) is 36.0 Å². The second kappa shape index (κ2) is 6.70. The van der Waals surface area contributed by atoms with Crippen molar-refractivity contribution in [2.24, 2.45) is 0 Å². The molecular weight excluding hydrogens is 282 g/mol. The number of amides is 2. The van der Waals surface area contributed by atoms with E-state index >= 15 is 0 Å². The summed E-state index contributed by atoms with van der Waals surface area (Å²) in [6.07, 6.45) is 3.88. The topological polar surface area (TPSA) is 79.4 Å². The fourth-order valence-corrected chi connectivity index (χ4v) is 2.39. The fourth-order valence-electron chi connectivity index (χ4n) is 2.39. The Morgan fingerprint density at radius 3 is 2.59 bits per heavy atom.